The van der Waals surface area contributed by atoms with E-state index in [1.54, 1.807) is 11.8 Å². The summed E-state index contributed by atoms with van der Waals surface area (Å²) >= 11 is 0. The van der Waals surface area contributed by atoms with Gasteiger partial charge >= 0.3 is 0 Å². The van der Waals surface area contributed by atoms with E-state index in [1.165, 1.54) is 0 Å². The first-order valence-corrected chi connectivity index (χ1v) is 10.7. The lowest BCUT2D eigenvalue weighted by atomic mass is 10.1. The summed E-state index contributed by atoms with van der Waals surface area (Å²) < 4.78 is 11.6. The fourth-order valence-electron chi connectivity index (χ4n) is 4.09. The fraction of sp³-hybridized carbons (Fsp3) is 0.417. The van der Waals surface area contributed by atoms with E-state index in [4.69, 9.17) is 9.47 Å². The summed E-state index contributed by atoms with van der Waals surface area (Å²) in [4.78, 5) is 27.0. The number of nitrogens with one attached hydrogen (secondary N) is 1. The van der Waals surface area contributed by atoms with E-state index in [9.17, 15) is 9.59 Å². The third-order valence-electron chi connectivity index (χ3n) is 5.75. The standard InChI is InChI=1S/C24H28N2O4/c1-17-24(28)26(13-14-29-21-9-3-2-4-10-21)16-19-15-20(11-12-22(19)30-17)25-23(27)18-7-5-6-8-18/h2-4,9-12,15,17-18H,5-8,13-14,16H2,1H3,(H,25,27). The maximum Gasteiger partial charge on any atom is 0.263 e. The van der Waals surface area contributed by atoms with Crippen LogP contribution in [0.2, 0.25) is 0 Å². The van der Waals surface area contributed by atoms with Gasteiger partial charge in [-0.1, -0.05) is 31.0 Å². The number of ether oxygens (including phenoxy) is 2. The van der Waals surface area contributed by atoms with E-state index in [0.717, 1.165) is 42.7 Å². The Morgan fingerprint density at radius 1 is 1.17 bits per heavy atom. The van der Waals surface area contributed by atoms with Crippen LogP contribution in [0.3, 0.4) is 0 Å². The van der Waals surface area contributed by atoms with Crippen molar-refractivity contribution < 1.29 is 19.1 Å². The van der Waals surface area contributed by atoms with Gasteiger partial charge in [0, 0.05) is 23.7 Å². The molecule has 1 heterocycles. The van der Waals surface area contributed by atoms with Crippen LogP contribution in [0.1, 0.15) is 38.2 Å². The van der Waals surface area contributed by atoms with Gasteiger partial charge in [0.05, 0.1) is 6.54 Å². The molecule has 2 amide bonds. The van der Waals surface area contributed by atoms with Gasteiger partial charge in [-0.15, -0.1) is 0 Å². The van der Waals surface area contributed by atoms with Crippen molar-refractivity contribution >= 4 is 17.5 Å². The number of para-hydroxylation sites is 1. The molecule has 0 spiro atoms. The zero-order valence-electron chi connectivity index (χ0n) is 17.3. The van der Waals surface area contributed by atoms with Gasteiger partial charge < -0.3 is 19.7 Å². The van der Waals surface area contributed by atoms with Crippen molar-refractivity contribution in [2.75, 3.05) is 18.5 Å². The first-order chi connectivity index (χ1) is 14.6. The second-order valence-corrected chi connectivity index (χ2v) is 7.97. The Labute approximate surface area is 177 Å². The van der Waals surface area contributed by atoms with Crippen molar-refractivity contribution in [2.24, 2.45) is 5.92 Å². The number of hydrogen-bond acceptors (Lipinski definition) is 4. The van der Waals surface area contributed by atoms with Crippen LogP contribution < -0.4 is 14.8 Å². The highest BCUT2D eigenvalue weighted by Crippen LogP contribution is 2.30. The van der Waals surface area contributed by atoms with Crippen LogP contribution in [0.5, 0.6) is 11.5 Å². The summed E-state index contributed by atoms with van der Waals surface area (Å²) in [6.45, 7) is 3.04. The van der Waals surface area contributed by atoms with Crippen molar-refractivity contribution in [3.8, 4) is 11.5 Å². The maximum absolute atomic E-state index is 12.8. The summed E-state index contributed by atoms with van der Waals surface area (Å²) in [7, 11) is 0. The van der Waals surface area contributed by atoms with Crippen LogP contribution in [-0.2, 0) is 16.1 Å². The first-order valence-electron chi connectivity index (χ1n) is 10.7. The third kappa shape index (κ3) is 4.75. The van der Waals surface area contributed by atoms with Crippen molar-refractivity contribution in [2.45, 2.75) is 45.3 Å². The summed E-state index contributed by atoms with van der Waals surface area (Å²) in [5.41, 5.74) is 1.63. The Morgan fingerprint density at radius 2 is 1.93 bits per heavy atom. The van der Waals surface area contributed by atoms with Crippen molar-refractivity contribution in [3.63, 3.8) is 0 Å². The average Bonchev–Trinajstić information content (AvgIpc) is 3.26. The van der Waals surface area contributed by atoms with Crippen LogP contribution in [0.4, 0.5) is 5.69 Å². The van der Waals surface area contributed by atoms with Gasteiger partial charge in [0.15, 0.2) is 6.10 Å². The Kier molecular flexibility index (Phi) is 6.21. The molecule has 4 rings (SSSR count). The largest absolute Gasteiger partial charge is 0.492 e. The van der Waals surface area contributed by atoms with Crippen LogP contribution in [0.15, 0.2) is 48.5 Å². The van der Waals surface area contributed by atoms with Crippen molar-refractivity contribution in [1.82, 2.24) is 4.90 Å². The zero-order valence-corrected chi connectivity index (χ0v) is 17.3. The average molecular weight is 408 g/mol. The van der Waals surface area contributed by atoms with Crippen LogP contribution in [0, 0.1) is 5.92 Å². The third-order valence-corrected chi connectivity index (χ3v) is 5.75. The van der Waals surface area contributed by atoms with E-state index >= 15 is 0 Å². The number of nitrogens with zero attached hydrogens (tertiary/aromatic N) is 1. The summed E-state index contributed by atoms with van der Waals surface area (Å²) in [5.74, 6) is 1.58. The summed E-state index contributed by atoms with van der Waals surface area (Å²) in [6.07, 6.45) is 3.59. The molecule has 1 N–H and O–H groups in total. The molecule has 1 fully saturated rings. The molecule has 0 bridgehead atoms. The van der Waals surface area contributed by atoms with Crippen molar-refractivity contribution in [1.29, 1.82) is 0 Å². The maximum atomic E-state index is 12.8. The summed E-state index contributed by atoms with van der Waals surface area (Å²) in [5, 5.41) is 3.03. The highest BCUT2D eigenvalue weighted by molar-refractivity contribution is 5.93. The Balaban J connectivity index is 1.43. The number of anilines is 1. The molecule has 1 aliphatic carbocycles. The normalized spacial score (nSPS) is 19.0. The quantitative estimate of drug-likeness (QED) is 0.784. The minimum absolute atomic E-state index is 0.0700. The molecule has 1 saturated carbocycles. The lowest BCUT2D eigenvalue weighted by Gasteiger charge is -2.22. The zero-order chi connectivity index (χ0) is 20.9. The monoisotopic (exact) mass is 408 g/mol. The predicted octanol–water partition coefficient (Wildman–Crippen LogP) is 4.00. The molecule has 2 aromatic rings. The van der Waals surface area contributed by atoms with Gasteiger partial charge in [0.2, 0.25) is 5.91 Å². The van der Waals surface area contributed by atoms with E-state index < -0.39 is 6.10 Å². The number of carbonyl (C=O) groups is 2. The first kappa shape index (κ1) is 20.3. The highest BCUT2D eigenvalue weighted by Gasteiger charge is 2.28. The molecule has 2 aromatic carbocycles. The van der Waals surface area contributed by atoms with E-state index in [-0.39, 0.29) is 17.7 Å². The number of carbonyl (C=O) groups excluding carboxylic acids is 2. The number of fused-ring (bicyclic) bond motifs is 1. The molecule has 2 aliphatic rings. The molecule has 0 radical (unpaired) electrons. The topological polar surface area (TPSA) is 67.9 Å². The number of benzene rings is 2. The van der Waals surface area contributed by atoms with E-state index in [0.29, 0.717) is 25.4 Å². The van der Waals surface area contributed by atoms with E-state index in [1.807, 2.05) is 48.5 Å². The predicted molar refractivity (Wildman–Crippen MR) is 114 cm³/mol. The van der Waals surface area contributed by atoms with Gasteiger partial charge in [-0.25, -0.2) is 0 Å². The lowest BCUT2D eigenvalue weighted by Crippen LogP contribution is -2.40. The molecule has 6 nitrogen and oxygen atoms in total. The molecular formula is C24H28N2O4. The molecule has 30 heavy (non-hydrogen) atoms. The fourth-order valence-corrected chi connectivity index (χ4v) is 4.09. The van der Waals surface area contributed by atoms with Gasteiger partial charge in [0.25, 0.3) is 5.91 Å². The minimum Gasteiger partial charge on any atom is -0.492 e. The van der Waals surface area contributed by atoms with Crippen LogP contribution >= 0.6 is 0 Å². The minimum atomic E-state index is -0.568. The molecule has 0 aromatic heterocycles. The summed E-state index contributed by atoms with van der Waals surface area (Å²) in [6, 6.07) is 15.2. The van der Waals surface area contributed by atoms with Gasteiger partial charge in [-0.3, -0.25) is 9.59 Å². The highest BCUT2D eigenvalue weighted by atomic mass is 16.5. The Bertz CT molecular complexity index is 893. The number of amides is 2. The smallest absolute Gasteiger partial charge is 0.263 e. The molecule has 1 atom stereocenters. The Hall–Kier alpha value is -3.02. The van der Waals surface area contributed by atoms with Crippen LogP contribution in [0.25, 0.3) is 0 Å². The van der Waals surface area contributed by atoms with E-state index in [2.05, 4.69) is 5.32 Å². The molecule has 1 unspecified atom stereocenters. The molecule has 158 valence electrons. The molecule has 0 saturated heterocycles. The Morgan fingerprint density at radius 3 is 2.70 bits per heavy atom. The second-order valence-electron chi connectivity index (χ2n) is 7.97. The number of rotatable bonds is 6. The molecular weight excluding hydrogens is 380 g/mol. The van der Waals surface area contributed by atoms with Gasteiger partial charge in [0.1, 0.15) is 18.1 Å². The second kappa shape index (κ2) is 9.20. The van der Waals surface area contributed by atoms with Gasteiger partial charge in [-0.2, -0.15) is 0 Å². The van der Waals surface area contributed by atoms with Crippen molar-refractivity contribution in [3.05, 3.63) is 54.1 Å². The number of hydrogen-bond donors (Lipinski definition) is 1. The SMILES string of the molecule is CC1Oc2ccc(NC(=O)C3CCCC3)cc2CN(CCOc2ccccc2)C1=O. The van der Waals surface area contributed by atoms with Crippen LogP contribution in [-0.4, -0.2) is 36.0 Å². The van der Waals surface area contributed by atoms with Gasteiger partial charge in [-0.05, 0) is 50.1 Å². The molecule has 6 heteroatoms. The lowest BCUT2D eigenvalue weighted by molar-refractivity contribution is -0.138. The molecule has 1 aliphatic heterocycles.